The van der Waals surface area contributed by atoms with Crippen molar-refractivity contribution >= 4 is 23.4 Å². The summed E-state index contributed by atoms with van der Waals surface area (Å²) in [7, 11) is 0. The maximum absolute atomic E-state index is 11.8. The first-order chi connectivity index (χ1) is 9.85. The molecule has 1 aliphatic rings. The number of hydrogen-bond acceptors (Lipinski definition) is 4. The monoisotopic (exact) mass is 312 g/mol. The zero-order valence-corrected chi connectivity index (χ0v) is 13.3. The van der Waals surface area contributed by atoms with Crippen molar-refractivity contribution in [2.45, 2.75) is 32.5 Å². The Kier molecular flexibility index (Phi) is 5.08. The molecule has 1 aromatic rings. The lowest BCUT2D eigenvalue weighted by Crippen LogP contribution is -2.33. The normalized spacial score (nSPS) is 19.1. The molecule has 1 atom stereocenters. The minimum Gasteiger partial charge on any atom is -0.444 e. The fourth-order valence-electron chi connectivity index (χ4n) is 2.03. The van der Waals surface area contributed by atoms with Gasteiger partial charge in [0.05, 0.1) is 23.4 Å². The van der Waals surface area contributed by atoms with Crippen molar-refractivity contribution < 1.29 is 14.3 Å². The summed E-state index contributed by atoms with van der Waals surface area (Å²) >= 11 is 6.12. The number of rotatable bonds is 2. The Bertz CT molecular complexity index is 508. The van der Waals surface area contributed by atoms with Crippen LogP contribution in [-0.2, 0) is 9.47 Å². The van der Waals surface area contributed by atoms with Crippen molar-refractivity contribution in [3.8, 4) is 0 Å². The molecule has 2 N–H and O–H groups in total. The molecular weight excluding hydrogens is 292 g/mol. The molecule has 6 heteroatoms. The Morgan fingerprint density at radius 2 is 2.24 bits per heavy atom. The van der Waals surface area contributed by atoms with Gasteiger partial charge in [-0.3, -0.25) is 5.32 Å². The second kappa shape index (κ2) is 6.64. The number of hydrogen-bond donors (Lipinski definition) is 2. The first-order valence-electron chi connectivity index (χ1n) is 6.97. The molecule has 0 bridgehead atoms. The highest BCUT2D eigenvalue weighted by molar-refractivity contribution is 6.33. The van der Waals surface area contributed by atoms with E-state index in [1.165, 1.54) is 0 Å². The van der Waals surface area contributed by atoms with Crippen LogP contribution in [0.1, 0.15) is 32.4 Å². The van der Waals surface area contributed by atoms with Crippen LogP contribution < -0.4 is 10.6 Å². The molecule has 1 fully saturated rings. The first kappa shape index (κ1) is 16.1. The number of amides is 1. The van der Waals surface area contributed by atoms with Crippen molar-refractivity contribution in [2.24, 2.45) is 0 Å². The van der Waals surface area contributed by atoms with Crippen LogP contribution in [0.15, 0.2) is 18.2 Å². The molecule has 0 aromatic heterocycles. The third kappa shape index (κ3) is 4.88. The van der Waals surface area contributed by atoms with Crippen LogP contribution in [0.2, 0.25) is 5.02 Å². The second-order valence-electron chi connectivity index (χ2n) is 5.93. The number of halogens is 1. The van der Waals surface area contributed by atoms with Gasteiger partial charge in [-0.05, 0) is 38.5 Å². The lowest BCUT2D eigenvalue weighted by molar-refractivity contribution is 0.0277. The van der Waals surface area contributed by atoms with Crippen LogP contribution in [0.5, 0.6) is 0 Å². The topological polar surface area (TPSA) is 59.6 Å². The molecule has 0 saturated carbocycles. The van der Waals surface area contributed by atoms with Gasteiger partial charge >= 0.3 is 6.09 Å². The highest BCUT2D eigenvalue weighted by atomic mass is 35.5. The summed E-state index contributed by atoms with van der Waals surface area (Å²) < 4.78 is 10.9. The first-order valence-corrected chi connectivity index (χ1v) is 7.35. The van der Waals surface area contributed by atoms with Crippen molar-refractivity contribution in [1.29, 1.82) is 0 Å². The molecule has 21 heavy (non-hydrogen) atoms. The predicted octanol–water partition coefficient (Wildman–Crippen LogP) is 3.35. The van der Waals surface area contributed by atoms with E-state index < -0.39 is 11.7 Å². The minimum absolute atomic E-state index is 0.0322. The summed E-state index contributed by atoms with van der Waals surface area (Å²) in [6, 6.07) is 5.48. The van der Waals surface area contributed by atoms with Crippen LogP contribution in [0.3, 0.4) is 0 Å². The standard InChI is InChI=1S/C15H21ClN2O3/c1-15(2,3)21-14(19)18-12-8-10(4-5-11(12)16)13-9-17-6-7-20-13/h4-5,8,13,17H,6-7,9H2,1-3H3,(H,18,19). The number of nitrogens with one attached hydrogen (secondary N) is 2. The van der Waals surface area contributed by atoms with E-state index in [2.05, 4.69) is 10.6 Å². The Balaban J connectivity index is 2.10. The van der Waals surface area contributed by atoms with Gasteiger partial charge in [-0.15, -0.1) is 0 Å². The fraction of sp³-hybridized carbons (Fsp3) is 0.533. The lowest BCUT2D eigenvalue weighted by Gasteiger charge is -2.25. The summed E-state index contributed by atoms with van der Waals surface area (Å²) in [6.07, 6.45) is -0.556. The molecule has 1 aliphatic heterocycles. The van der Waals surface area contributed by atoms with Crippen molar-refractivity contribution in [3.63, 3.8) is 0 Å². The summed E-state index contributed by atoms with van der Waals surface area (Å²) in [5.41, 5.74) is 0.945. The van der Waals surface area contributed by atoms with Gasteiger partial charge in [-0.1, -0.05) is 17.7 Å². The number of morpholine rings is 1. The molecular formula is C15H21ClN2O3. The number of carbonyl (C=O) groups excluding carboxylic acids is 1. The van der Waals surface area contributed by atoms with Gasteiger partial charge in [0, 0.05) is 13.1 Å². The van der Waals surface area contributed by atoms with E-state index in [9.17, 15) is 4.79 Å². The lowest BCUT2D eigenvalue weighted by atomic mass is 10.1. The SMILES string of the molecule is CC(C)(C)OC(=O)Nc1cc(C2CNCCO2)ccc1Cl. The molecule has 1 unspecified atom stereocenters. The van der Waals surface area contributed by atoms with Gasteiger partial charge in [-0.2, -0.15) is 0 Å². The average molecular weight is 313 g/mol. The van der Waals surface area contributed by atoms with Crippen LogP contribution in [0, 0.1) is 0 Å². The number of carbonyl (C=O) groups is 1. The summed E-state index contributed by atoms with van der Waals surface area (Å²) in [5.74, 6) is 0. The number of anilines is 1. The number of ether oxygens (including phenoxy) is 2. The zero-order chi connectivity index (χ0) is 15.5. The molecule has 2 rings (SSSR count). The zero-order valence-electron chi connectivity index (χ0n) is 12.5. The predicted molar refractivity (Wildman–Crippen MR) is 82.9 cm³/mol. The van der Waals surface area contributed by atoms with Gasteiger partial charge in [0.15, 0.2) is 0 Å². The molecule has 1 aromatic carbocycles. The molecule has 0 spiro atoms. The van der Waals surface area contributed by atoms with Gasteiger partial charge in [0.25, 0.3) is 0 Å². The highest BCUT2D eigenvalue weighted by Gasteiger charge is 2.19. The van der Waals surface area contributed by atoms with Crippen LogP contribution in [-0.4, -0.2) is 31.4 Å². The van der Waals surface area contributed by atoms with Crippen molar-refractivity contribution in [3.05, 3.63) is 28.8 Å². The molecule has 0 radical (unpaired) electrons. The van der Waals surface area contributed by atoms with Crippen LogP contribution in [0.25, 0.3) is 0 Å². The molecule has 1 heterocycles. The van der Waals surface area contributed by atoms with E-state index in [0.717, 1.165) is 18.7 Å². The maximum Gasteiger partial charge on any atom is 0.412 e. The van der Waals surface area contributed by atoms with E-state index in [1.54, 1.807) is 6.07 Å². The minimum atomic E-state index is -0.551. The van der Waals surface area contributed by atoms with Gasteiger partial charge < -0.3 is 14.8 Å². The summed E-state index contributed by atoms with van der Waals surface area (Å²) in [6.45, 7) is 7.70. The van der Waals surface area contributed by atoms with Crippen molar-refractivity contribution in [1.82, 2.24) is 5.32 Å². The van der Waals surface area contributed by atoms with Gasteiger partial charge in [0.1, 0.15) is 5.60 Å². The average Bonchev–Trinajstić information content (AvgIpc) is 2.40. The molecule has 1 saturated heterocycles. The van der Waals surface area contributed by atoms with Crippen LogP contribution in [0.4, 0.5) is 10.5 Å². The Hall–Kier alpha value is -1.30. The highest BCUT2D eigenvalue weighted by Crippen LogP contribution is 2.28. The van der Waals surface area contributed by atoms with E-state index >= 15 is 0 Å². The van der Waals surface area contributed by atoms with Crippen LogP contribution >= 0.6 is 11.6 Å². The molecule has 5 nitrogen and oxygen atoms in total. The third-order valence-corrected chi connectivity index (χ3v) is 3.26. The largest absolute Gasteiger partial charge is 0.444 e. The Labute approximate surface area is 130 Å². The summed E-state index contributed by atoms with van der Waals surface area (Å²) in [4.78, 5) is 11.8. The van der Waals surface area contributed by atoms with E-state index in [1.807, 2.05) is 32.9 Å². The van der Waals surface area contributed by atoms with E-state index in [-0.39, 0.29) is 6.10 Å². The maximum atomic E-state index is 11.8. The molecule has 116 valence electrons. The summed E-state index contributed by atoms with van der Waals surface area (Å²) in [5, 5.41) is 6.41. The molecule has 1 amide bonds. The second-order valence-corrected chi connectivity index (χ2v) is 6.34. The Morgan fingerprint density at radius 3 is 2.86 bits per heavy atom. The van der Waals surface area contributed by atoms with E-state index in [0.29, 0.717) is 17.3 Å². The fourth-order valence-corrected chi connectivity index (χ4v) is 2.20. The van der Waals surface area contributed by atoms with E-state index in [4.69, 9.17) is 21.1 Å². The smallest absolute Gasteiger partial charge is 0.412 e. The number of benzene rings is 1. The van der Waals surface area contributed by atoms with Crippen molar-refractivity contribution in [2.75, 3.05) is 25.0 Å². The third-order valence-electron chi connectivity index (χ3n) is 2.93. The Morgan fingerprint density at radius 1 is 1.48 bits per heavy atom. The quantitative estimate of drug-likeness (QED) is 0.879. The van der Waals surface area contributed by atoms with Gasteiger partial charge in [-0.25, -0.2) is 4.79 Å². The molecule has 0 aliphatic carbocycles. The van der Waals surface area contributed by atoms with Gasteiger partial charge in [0.2, 0.25) is 0 Å².